The Morgan fingerprint density at radius 2 is 1.66 bits per heavy atom. The van der Waals surface area contributed by atoms with Crippen molar-refractivity contribution < 1.29 is 22.1 Å². The molecule has 0 amide bonds. The van der Waals surface area contributed by atoms with E-state index >= 15 is 0 Å². The maximum atomic E-state index is 12.9. The molecule has 0 unspecified atom stereocenters. The Bertz CT molecular complexity index is 1080. The van der Waals surface area contributed by atoms with Gasteiger partial charge in [-0.2, -0.15) is 8.42 Å². The van der Waals surface area contributed by atoms with Gasteiger partial charge < -0.3 is 9.47 Å². The predicted molar refractivity (Wildman–Crippen MR) is 148 cm³/mol. The van der Waals surface area contributed by atoms with Crippen LogP contribution in [0.15, 0.2) is 29.2 Å². The quantitative estimate of drug-likeness (QED) is 0.278. The van der Waals surface area contributed by atoms with Crippen LogP contribution in [-0.2, 0) is 23.8 Å². The zero-order valence-corrected chi connectivity index (χ0v) is 24.5. The van der Waals surface area contributed by atoms with Crippen LogP contribution in [0.2, 0.25) is 0 Å². The maximum Gasteiger partial charge on any atom is 0.296 e. The van der Waals surface area contributed by atoms with Crippen LogP contribution in [0.25, 0.3) is 0 Å². The third-order valence-electron chi connectivity index (χ3n) is 12.0. The van der Waals surface area contributed by atoms with E-state index in [0.29, 0.717) is 30.0 Å². The number of rotatable bonds is 6. The summed E-state index contributed by atoms with van der Waals surface area (Å²) >= 11 is 0. The molecule has 5 nitrogen and oxygen atoms in total. The van der Waals surface area contributed by atoms with Crippen LogP contribution in [0.5, 0.6) is 0 Å². The van der Waals surface area contributed by atoms with E-state index in [0.717, 1.165) is 42.8 Å². The van der Waals surface area contributed by atoms with E-state index < -0.39 is 10.1 Å². The van der Waals surface area contributed by atoms with Crippen LogP contribution in [0.1, 0.15) is 96.5 Å². The van der Waals surface area contributed by atoms with Gasteiger partial charge in [0.2, 0.25) is 0 Å². The first-order valence-corrected chi connectivity index (χ1v) is 16.8. The van der Waals surface area contributed by atoms with Crippen molar-refractivity contribution in [2.75, 3.05) is 13.2 Å². The van der Waals surface area contributed by atoms with Crippen LogP contribution in [0, 0.1) is 47.3 Å². The van der Waals surface area contributed by atoms with Gasteiger partial charge in [0.25, 0.3) is 10.1 Å². The number of hydrogen-bond donors (Lipinski definition) is 0. The van der Waals surface area contributed by atoms with E-state index in [4.69, 9.17) is 13.7 Å². The Balaban J connectivity index is 1.09. The second kappa shape index (κ2) is 10.5. The number of fused-ring (bicyclic) bond motifs is 5. The molecule has 5 aliphatic rings. The van der Waals surface area contributed by atoms with Crippen molar-refractivity contribution in [3.05, 3.63) is 29.8 Å². The highest BCUT2D eigenvalue weighted by Gasteiger charge is 2.60. The van der Waals surface area contributed by atoms with E-state index in [1.807, 2.05) is 19.1 Å². The molecule has 4 aliphatic carbocycles. The van der Waals surface area contributed by atoms with Gasteiger partial charge >= 0.3 is 0 Å². The summed E-state index contributed by atoms with van der Waals surface area (Å²) in [7, 11) is -3.71. The van der Waals surface area contributed by atoms with Crippen molar-refractivity contribution in [2.24, 2.45) is 40.4 Å². The molecule has 0 N–H and O–H groups in total. The van der Waals surface area contributed by atoms with Crippen LogP contribution >= 0.6 is 0 Å². The number of hydrogen-bond acceptors (Lipinski definition) is 5. The average Bonchev–Trinajstić information content (AvgIpc) is 3.25. The summed E-state index contributed by atoms with van der Waals surface area (Å²) in [6.45, 7) is 8.20. The minimum atomic E-state index is -3.71. The van der Waals surface area contributed by atoms with Crippen molar-refractivity contribution in [1.29, 1.82) is 0 Å². The van der Waals surface area contributed by atoms with Crippen LogP contribution in [0.4, 0.5) is 0 Å². The lowest BCUT2D eigenvalue weighted by atomic mass is 9.44. The monoisotopic (exact) mass is 544 g/mol. The molecule has 1 heterocycles. The molecular weight excluding hydrogens is 496 g/mol. The van der Waals surface area contributed by atoms with E-state index in [9.17, 15) is 8.42 Å². The topological polar surface area (TPSA) is 61.8 Å². The highest BCUT2D eigenvalue weighted by atomic mass is 32.2. The van der Waals surface area contributed by atoms with E-state index in [-0.39, 0.29) is 16.6 Å². The summed E-state index contributed by atoms with van der Waals surface area (Å²) in [6.07, 6.45) is 14.9. The van der Waals surface area contributed by atoms with Gasteiger partial charge in [-0.3, -0.25) is 4.18 Å². The molecular formula is C32H48O5S. The smallest absolute Gasteiger partial charge is 0.296 e. The molecule has 1 aromatic carbocycles. The third-order valence-corrected chi connectivity index (χ3v) is 13.3. The molecule has 0 spiro atoms. The lowest BCUT2D eigenvalue weighted by Crippen LogP contribution is -2.54. The first kappa shape index (κ1) is 27.2. The molecule has 212 valence electrons. The Kier molecular flexibility index (Phi) is 7.50. The van der Waals surface area contributed by atoms with E-state index in [1.165, 1.54) is 64.2 Å². The summed E-state index contributed by atoms with van der Waals surface area (Å²) in [5.74, 6) is 3.34. The summed E-state index contributed by atoms with van der Waals surface area (Å²) in [5, 5.41) is 0. The van der Waals surface area contributed by atoms with Gasteiger partial charge in [-0.15, -0.1) is 0 Å². The van der Waals surface area contributed by atoms with Crippen molar-refractivity contribution in [2.45, 2.75) is 115 Å². The summed E-state index contributed by atoms with van der Waals surface area (Å²) < 4.78 is 43.9. The lowest BCUT2D eigenvalue weighted by Gasteiger charge is -2.61. The number of ether oxygens (including phenoxy) is 2. The van der Waals surface area contributed by atoms with Gasteiger partial charge in [0, 0.05) is 6.61 Å². The molecule has 1 aromatic rings. The Labute approximate surface area is 230 Å². The normalized spacial score (nSPS) is 43.2. The zero-order valence-electron chi connectivity index (χ0n) is 23.7. The molecule has 4 saturated carbocycles. The first-order chi connectivity index (χ1) is 18.2. The lowest BCUT2D eigenvalue weighted by molar-refractivity contribution is -0.212. The third kappa shape index (κ3) is 4.90. The van der Waals surface area contributed by atoms with Gasteiger partial charge in [0.1, 0.15) is 0 Å². The second-order valence-electron chi connectivity index (χ2n) is 13.9. The largest absolute Gasteiger partial charge is 0.353 e. The van der Waals surface area contributed by atoms with Crippen LogP contribution in [0.3, 0.4) is 0 Å². The van der Waals surface area contributed by atoms with Crippen molar-refractivity contribution in [1.82, 2.24) is 0 Å². The highest BCUT2D eigenvalue weighted by molar-refractivity contribution is 7.86. The van der Waals surface area contributed by atoms with Crippen molar-refractivity contribution in [3.63, 3.8) is 0 Å². The van der Waals surface area contributed by atoms with Crippen molar-refractivity contribution in [3.8, 4) is 0 Å². The summed E-state index contributed by atoms with van der Waals surface area (Å²) in [5.41, 5.74) is 1.65. The molecule has 6 rings (SSSR count). The molecule has 6 heteroatoms. The van der Waals surface area contributed by atoms with E-state index in [2.05, 4.69) is 13.8 Å². The van der Waals surface area contributed by atoms with Crippen LogP contribution in [-0.4, -0.2) is 34.0 Å². The van der Waals surface area contributed by atoms with Crippen molar-refractivity contribution >= 4 is 10.1 Å². The average molecular weight is 545 g/mol. The Morgan fingerprint density at radius 1 is 0.895 bits per heavy atom. The molecule has 1 saturated heterocycles. The summed E-state index contributed by atoms with van der Waals surface area (Å²) in [4.78, 5) is 0.271. The molecule has 1 aliphatic heterocycles. The minimum Gasteiger partial charge on any atom is -0.353 e. The fourth-order valence-electron chi connectivity index (χ4n) is 9.70. The Hall–Kier alpha value is -0.950. The first-order valence-electron chi connectivity index (χ1n) is 15.4. The molecule has 0 aromatic heterocycles. The molecule has 0 bridgehead atoms. The summed E-state index contributed by atoms with van der Waals surface area (Å²) in [6, 6.07) is 7.00. The van der Waals surface area contributed by atoms with Gasteiger partial charge in [-0.05, 0) is 137 Å². The predicted octanol–water partition coefficient (Wildman–Crippen LogP) is 7.27. The number of aryl methyl sites for hydroxylation is 1. The fourth-order valence-corrected chi connectivity index (χ4v) is 10.7. The van der Waals surface area contributed by atoms with Crippen LogP contribution < -0.4 is 0 Å². The molecule has 38 heavy (non-hydrogen) atoms. The van der Waals surface area contributed by atoms with Gasteiger partial charge in [-0.25, -0.2) is 0 Å². The van der Waals surface area contributed by atoms with E-state index in [1.54, 1.807) is 12.1 Å². The standard InChI is InChI=1S/C32H48O5S/c1-22-7-11-26(12-8-22)38(33,34)36-21-24-10-14-28-27-13-9-23-20-25(37-30-6-4-5-19-35-30)15-17-31(23,2)29(27)16-18-32(24,28)3/h7-8,11-12,23-25,27-30H,4-6,9-10,13-21H2,1-3H3/t23-,24+,25-,27-,28-,29-,30-,31-,32+/m0/s1. The molecule has 0 radical (unpaired) electrons. The minimum absolute atomic E-state index is 0.0253. The highest BCUT2D eigenvalue weighted by Crippen LogP contribution is 2.67. The van der Waals surface area contributed by atoms with Gasteiger partial charge in [0.05, 0.1) is 17.6 Å². The maximum absolute atomic E-state index is 12.9. The van der Waals surface area contributed by atoms with Gasteiger partial charge in [-0.1, -0.05) is 31.5 Å². The molecule has 9 atom stereocenters. The Morgan fingerprint density at radius 3 is 2.42 bits per heavy atom. The SMILES string of the molecule is Cc1ccc(S(=O)(=O)OC[C@H]2CC[C@H]3[C@@H]4CC[C@H]5C[C@@H](O[C@H]6CCCCO6)CC[C@]5(C)[C@H]4CC[C@]23C)cc1. The number of benzene rings is 1. The molecule has 5 fully saturated rings. The zero-order chi connectivity index (χ0) is 26.5. The fraction of sp³-hybridized carbons (Fsp3) is 0.812. The second-order valence-corrected chi connectivity index (χ2v) is 15.5. The van der Waals surface area contributed by atoms with Gasteiger partial charge in [0.15, 0.2) is 6.29 Å².